The van der Waals surface area contributed by atoms with Crippen molar-refractivity contribution in [2.75, 3.05) is 14.2 Å². The molecule has 2 aromatic rings. The molecule has 0 aliphatic carbocycles. The molecule has 0 fully saturated rings. The molecule has 0 spiro atoms. The molecule has 0 unspecified atom stereocenters. The SMILES string of the molecule is COC(=O)c1ccc(CN[C@H](C)c2ccc(OC)cc2)o1. The van der Waals surface area contributed by atoms with E-state index in [-0.39, 0.29) is 11.8 Å². The smallest absolute Gasteiger partial charge is 0.373 e. The van der Waals surface area contributed by atoms with Gasteiger partial charge in [-0.15, -0.1) is 0 Å². The summed E-state index contributed by atoms with van der Waals surface area (Å²) in [6, 6.07) is 11.4. The fourth-order valence-corrected chi connectivity index (χ4v) is 1.95. The van der Waals surface area contributed by atoms with E-state index in [9.17, 15) is 4.79 Å². The number of methoxy groups -OCH3 is 2. The van der Waals surface area contributed by atoms with Crippen molar-refractivity contribution in [2.24, 2.45) is 0 Å². The number of hydrogen-bond donors (Lipinski definition) is 1. The lowest BCUT2D eigenvalue weighted by Crippen LogP contribution is -2.17. The van der Waals surface area contributed by atoms with Crippen molar-refractivity contribution < 1.29 is 18.7 Å². The van der Waals surface area contributed by atoms with Crippen LogP contribution in [0.4, 0.5) is 0 Å². The average Bonchev–Trinajstić information content (AvgIpc) is 3.01. The van der Waals surface area contributed by atoms with Crippen LogP contribution in [0.5, 0.6) is 5.75 Å². The van der Waals surface area contributed by atoms with Crippen molar-refractivity contribution in [3.05, 3.63) is 53.5 Å². The fraction of sp³-hybridized carbons (Fsp3) is 0.312. The molecular weight excluding hydrogens is 270 g/mol. The predicted molar refractivity (Wildman–Crippen MR) is 78.3 cm³/mol. The van der Waals surface area contributed by atoms with Gasteiger partial charge in [-0.3, -0.25) is 0 Å². The zero-order chi connectivity index (χ0) is 15.2. The summed E-state index contributed by atoms with van der Waals surface area (Å²) in [5.74, 6) is 1.27. The monoisotopic (exact) mass is 289 g/mol. The Morgan fingerprint density at radius 2 is 1.90 bits per heavy atom. The van der Waals surface area contributed by atoms with Crippen LogP contribution in [-0.2, 0) is 11.3 Å². The minimum absolute atomic E-state index is 0.155. The van der Waals surface area contributed by atoms with Gasteiger partial charge in [-0.1, -0.05) is 12.1 Å². The predicted octanol–water partition coefficient (Wildman–Crippen LogP) is 2.93. The van der Waals surface area contributed by atoms with Crippen LogP contribution in [0.25, 0.3) is 0 Å². The van der Waals surface area contributed by atoms with E-state index in [4.69, 9.17) is 9.15 Å². The molecule has 5 heteroatoms. The second-order valence-corrected chi connectivity index (χ2v) is 4.63. The lowest BCUT2D eigenvalue weighted by atomic mass is 10.1. The zero-order valence-electron chi connectivity index (χ0n) is 12.4. The lowest BCUT2D eigenvalue weighted by molar-refractivity contribution is 0.0563. The van der Waals surface area contributed by atoms with E-state index in [1.54, 1.807) is 19.2 Å². The molecule has 1 atom stereocenters. The van der Waals surface area contributed by atoms with Crippen molar-refractivity contribution in [2.45, 2.75) is 19.5 Å². The Kier molecular flexibility index (Phi) is 5.00. The molecule has 0 amide bonds. The normalized spacial score (nSPS) is 12.0. The molecule has 0 aliphatic heterocycles. The number of esters is 1. The molecule has 5 nitrogen and oxygen atoms in total. The van der Waals surface area contributed by atoms with Crippen molar-refractivity contribution in [3.63, 3.8) is 0 Å². The average molecular weight is 289 g/mol. The molecule has 0 bridgehead atoms. The van der Waals surface area contributed by atoms with Crippen LogP contribution in [0.15, 0.2) is 40.8 Å². The van der Waals surface area contributed by atoms with Crippen LogP contribution in [0.3, 0.4) is 0 Å². The van der Waals surface area contributed by atoms with Crippen LogP contribution < -0.4 is 10.1 Å². The van der Waals surface area contributed by atoms with Gasteiger partial charge in [-0.25, -0.2) is 4.79 Å². The fourth-order valence-electron chi connectivity index (χ4n) is 1.95. The quantitative estimate of drug-likeness (QED) is 0.828. The molecule has 1 aromatic heterocycles. The molecule has 0 saturated heterocycles. The van der Waals surface area contributed by atoms with Crippen LogP contribution in [0, 0.1) is 0 Å². The number of carbonyl (C=O) groups is 1. The molecule has 112 valence electrons. The minimum Gasteiger partial charge on any atom is -0.497 e. The molecule has 1 heterocycles. The van der Waals surface area contributed by atoms with Gasteiger partial charge in [0, 0.05) is 6.04 Å². The standard InChI is InChI=1S/C16H19NO4/c1-11(12-4-6-13(19-2)7-5-12)17-10-14-8-9-15(21-14)16(18)20-3/h4-9,11,17H,10H2,1-3H3/t11-/m1/s1. The second-order valence-electron chi connectivity index (χ2n) is 4.63. The maximum atomic E-state index is 11.3. The third-order valence-electron chi connectivity index (χ3n) is 3.25. The van der Waals surface area contributed by atoms with Gasteiger partial charge in [0.2, 0.25) is 5.76 Å². The van der Waals surface area contributed by atoms with E-state index in [1.807, 2.05) is 24.3 Å². The summed E-state index contributed by atoms with van der Waals surface area (Å²) >= 11 is 0. The summed E-state index contributed by atoms with van der Waals surface area (Å²) in [5.41, 5.74) is 1.15. The van der Waals surface area contributed by atoms with Gasteiger partial charge >= 0.3 is 5.97 Å². The summed E-state index contributed by atoms with van der Waals surface area (Å²) < 4.78 is 15.1. The van der Waals surface area contributed by atoms with Crippen LogP contribution in [0.2, 0.25) is 0 Å². The third-order valence-corrected chi connectivity index (χ3v) is 3.25. The second kappa shape index (κ2) is 6.95. The molecular formula is C16H19NO4. The summed E-state index contributed by atoms with van der Waals surface area (Å²) in [6.07, 6.45) is 0. The van der Waals surface area contributed by atoms with Crippen LogP contribution in [0.1, 0.15) is 34.8 Å². The Morgan fingerprint density at radius 3 is 2.52 bits per heavy atom. The van der Waals surface area contributed by atoms with Gasteiger partial charge in [0.15, 0.2) is 0 Å². The first kappa shape index (κ1) is 15.1. The Hall–Kier alpha value is -2.27. The molecule has 0 saturated carbocycles. The Balaban J connectivity index is 1.92. The summed E-state index contributed by atoms with van der Waals surface area (Å²) in [6.45, 7) is 2.59. The number of nitrogens with one attached hydrogen (secondary N) is 1. The van der Waals surface area contributed by atoms with Crippen molar-refractivity contribution in [1.82, 2.24) is 5.32 Å². The number of rotatable bonds is 6. The van der Waals surface area contributed by atoms with E-state index in [1.165, 1.54) is 7.11 Å². The van der Waals surface area contributed by atoms with E-state index in [0.717, 1.165) is 11.3 Å². The Morgan fingerprint density at radius 1 is 1.19 bits per heavy atom. The number of ether oxygens (including phenoxy) is 2. The summed E-state index contributed by atoms with van der Waals surface area (Å²) in [7, 11) is 2.97. The highest BCUT2D eigenvalue weighted by molar-refractivity contribution is 5.86. The number of carbonyl (C=O) groups excluding carboxylic acids is 1. The van der Waals surface area contributed by atoms with Crippen molar-refractivity contribution in [1.29, 1.82) is 0 Å². The van der Waals surface area contributed by atoms with Crippen molar-refractivity contribution in [3.8, 4) is 5.75 Å². The number of benzene rings is 1. The van der Waals surface area contributed by atoms with E-state index in [0.29, 0.717) is 12.3 Å². The van der Waals surface area contributed by atoms with E-state index < -0.39 is 5.97 Å². The third kappa shape index (κ3) is 3.86. The van der Waals surface area contributed by atoms with Gasteiger partial charge in [0.1, 0.15) is 11.5 Å². The van der Waals surface area contributed by atoms with Gasteiger partial charge in [-0.2, -0.15) is 0 Å². The van der Waals surface area contributed by atoms with E-state index in [2.05, 4.69) is 17.0 Å². The highest BCUT2D eigenvalue weighted by Crippen LogP contribution is 2.18. The van der Waals surface area contributed by atoms with Gasteiger partial charge in [-0.05, 0) is 36.8 Å². The summed E-state index contributed by atoms with van der Waals surface area (Å²) in [5, 5.41) is 3.34. The topological polar surface area (TPSA) is 60.7 Å². The van der Waals surface area contributed by atoms with Crippen LogP contribution >= 0.6 is 0 Å². The lowest BCUT2D eigenvalue weighted by Gasteiger charge is -2.13. The minimum atomic E-state index is -0.468. The highest BCUT2D eigenvalue weighted by atomic mass is 16.5. The molecule has 21 heavy (non-hydrogen) atoms. The zero-order valence-corrected chi connectivity index (χ0v) is 12.4. The number of hydrogen-bond acceptors (Lipinski definition) is 5. The molecule has 2 rings (SSSR count). The number of furan rings is 1. The van der Waals surface area contributed by atoms with Crippen molar-refractivity contribution >= 4 is 5.97 Å². The van der Waals surface area contributed by atoms with Gasteiger partial charge in [0.05, 0.1) is 20.8 Å². The first-order valence-electron chi connectivity index (χ1n) is 6.68. The summed E-state index contributed by atoms with van der Waals surface area (Å²) in [4.78, 5) is 11.3. The molecule has 1 N–H and O–H groups in total. The largest absolute Gasteiger partial charge is 0.497 e. The Bertz CT molecular complexity index is 589. The Labute approximate surface area is 123 Å². The maximum absolute atomic E-state index is 11.3. The molecule has 1 aromatic carbocycles. The van der Waals surface area contributed by atoms with Gasteiger partial charge in [0.25, 0.3) is 0 Å². The van der Waals surface area contributed by atoms with E-state index >= 15 is 0 Å². The van der Waals surface area contributed by atoms with Crippen LogP contribution in [-0.4, -0.2) is 20.2 Å². The van der Waals surface area contributed by atoms with Gasteiger partial charge < -0.3 is 19.2 Å². The first-order chi connectivity index (χ1) is 10.1. The molecule has 0 aliphatic rings. The molecule has 0 radical (unpaired) electrons. The highest BCUT2D eigenvalue weighted by Gasteiger charge is 2.12. The maximum Gasteiger partial charge on any atom is 0.373 e. The first-order valence-corrected chi connectivity index (χ1v) is 6.68.